The summed E-state index contributed by atoms with van der Waals surface area (Å²) in [5.74, 6) is 0.608. The van der Waals surface area contributed by atoms with Crippen LogP contribution in [0.25, 0.3) is 0 Å². The lowest BCUT2D eigenvalue weighted by molar-refractivity contribution is 0.116. The summed E-state index contributed by atoms with van der Waals surface area (Å²) in [6.07, 6.45) is 0. The fourth-order valence-electron chi connectivity index (χ4n) is 2.97. The summed E-state index contributed by atoms with van der Waals surface area (Å²) >= 11 is 0. The molecule has 6 nitrogen and oxygen atoms in total. The molecular weight excluding hydrogens is 448 g/mol. The van der Waals surface area contributed by atoms with Crippen LogP contribution in [0.4, 0.5) is 4.39 Å². The van der Waals surface area contributed by atoms with Gasteiger partial charge in [0.25, 0.3) is 0 Å². The van der Waals surface area contributed by atoms with Gasteiger partial charge in [0, 0.05) is 39.3 Å². The number of nitrogens with zero attached hydrogens (tertiary/aromatic N) is 3. The van der Waals surface area contributed by atoms with Gasteiger partial charge in [-0.05, 0) is 38.7 Å². The van der Waals surface area contributed by atoms with Crippen LogP contribution < -0.4 is 15.4 Å². The van der Waals surface area contributed by atoms with E-state index in [1.807, 2.05) is 13.0 Å². The number of nitrogens with one attached hydrogen (secondary N) is 2. The van der Waals surface area contributed by atoms with Crippen molar-refractivity contribution >= 4 is 29.9 Å². The lowest BCUT2D eigenvalue weighted by Crippen LogP contribution is -2.55. The van der Waals surface area contributed by atoms with Crippen LogP contribution in [0.5, 0.6) is 5.75 Å². The molecule has 0 amide bonds. The van der Waals surface area contributed by atoms with Gasteiger partial charge in [0.2, 0.25) is 0 Å². The highest BCUT2D eigenvalue weighted by Gasteiger charge is 2.22. The van der Waals surface area contributed by atoms with E-state index in [4.69, 9.17) is 4.74 Å². The van der Waals surface area contributed by atoms with E-state index in [-0.39, 0.29) is 41.6 Å². The molecule has 26 heavy (non-hydrogen) atoms. The molecule has 1 fully saturated rings. The van der Waals surface area contributed by atoms with Crippen molar-refractivity contribution in [2.75, 3.05) is 54.4 Å². The van der Waals surface area contributed by atoms with Gasteiger partial charge in [0.05, 0.1) is 13.2 Å². The van der Waals surface area contributed by atoms with Gasteiger partial charge in [-0.15, -0.1) is 24.0 Å². The highest BCUT2D eigenvalue weighted by Crippen LogP contribution is 2.21. The molecule has 1 aliphatic heterocycles. The molecule has 148 valence electrons. The molecule has 0 radical (unpaired) electrons. The smallest absolute Gasteiger partial charge is 0.191 e. The van der Waals surface area contributed by atoms with Gasteiger partial charge < -0.3 is 20.3 Å². The number of benzene rings is 1. The number of aliphatic imine (C=N–C) groups is 1. The number of guanidine groups is 1. The Bertz CT molecular complexity index is 601. The van der Waals surface area contributed by atoms with Crippen molar-refractivity contribution in [3.8, 4) is 5.75 Å². The van der Waals surface area contributed by atoms with Gasteiger partial charge in [-0.25, -0.2) is 4.39 Å². The molecule has 0 aromatic heterocycles. The monoisotopic (exact) mass is 479 g/mol. The van der Waals surface area contributed by atoms with Gasteiger partial charge in [-0.1, -0.05) is 6.07 Å². The van der Waals surface area contributed by atoms with Gasteiger partial charge >= 0.3 is 0 Å². The van der Waals surface area contributed by atoms with Crippen LogP contribution >= 0.6 is 24.0 Å². The molecule has 1 aliphatic rings. The molecule has 0 bridgehead atoms. The minimum Gasteiger partial charge on any atom is -0.494 e. The van der Waals surface area contributed by atoms with Crippen molar-refractivity contribution in [3.63, 3.8) is 0 Å². The Morgan fingerprint density at radius 3 is 2.73 bits per heavy atom. The Hall–Kier alpha value is -1.13. The van der Waals surface area contributed by atoms with Crippen molar-refractivity contribution < 1.29 is 9.13 Å². The highest BCUT2D eigenvalue weighted by molar-refractivity contribution is 14.0. The van der Waals surface area contributed by atoms with E-state index in [1.54, 1.807) is 13.1 Å². The highest BCUT2D eigenvalue weighted by atomic mass is 127. The second-order valence-corrected chi connectivity index (χ2v) is 6.61. The Morgan fingerprint density at radius 1 is 1.38 bits per heavy atom. The van der Waals surface area contributed by atoms with Crippen molar-refractivity contribution in [1.29, 1.82) is 0 Å². The topological polar surface area (TPSA) is 52.1 Å². The number of methoxy groups -OCH3 is 1. The molecule has 1 aromatic rings. The quantitative estimate of drug-likeness (QED) is 0.384. The Morgan fingerprint density at radius 2 is 2.12 bits per heavy atom. The molecule has 1 heterocycles. The van der Waals surface area contributed by atoms with Crippen LogP contribution in [0.2, 0.25) is 0 Å². The van der Waals surface area contributed by atoms with E-state index < -0.39 is 0 Å². The molecule has 0 saturated carbocycles. The molecule has 1 aromatic carbocycles. The lowest BCUT2D eigenvalue weighted by Gasteiger charge is -2.38. The molecule has 1 saturated heterocycles. The molecule has 2 N–H and O–H groups in total. The number of ether oxygens (including phenoxy) is 1. The molecule has 8 heteroatoms. The van der Waals surface area contributed by atoms with Gasteiger partial charge in [-0.2, -0.15) is 0 Å². The third-order valence-electron chi connectivity index (χ3n) is 4.74. The number of piperazine rings is 1. The van der Waals surface area contributed by atoms with E-state index in [0.29, 0.717) is 12.0 Å². The average Bonchev–Trinajstić information content (AvgIpc) is 2.60. The second-order valence-electron chi connectivity index (χ2n) is 6.61. The fourth-order valence-corrected chi connectivity index (χ4v) is 2.97. The Balaban J connectivity index is 0.00000338. The van der Waals surface area contributed by atoms with E-state index in [1.165, 1.54) is 13.2 Å². The molecule has 2 rings (SSSR count). The van der Waals surface area contributed by atoms with Crippen LogP contribution in [-0.4, -0.2) is 76.2 Å². The maximum atomic E-state index is 13.9. The minimum absolute atomic E-state index is 0. The van der Waals surface area contributed by atoms with E-state index in [0.717, 1.165) is 31.7 Å². The maximum absolute atomic E-state index is 13.9. The number of hydrogen-bond acceptors (Lipinski definition) is 4. The van der Waals surface area contributed by atoms with Crippen LogP contribution in [0.3, 0.4) is 0 Å². The summed E-state index contributed by atoms with van der Waals surface area (Å²) < 4.78 is 18.9. The SMILES string of the molecule is CN=C(NCC1CN(C)CCN1C)NC(C)c1ccc(OC)c(F)c1.I. The molecular formula is C18H31FIN5O. The number of halogens is 2. The molecule has 0 spiro atoms. The van der Waals surface area contributed by atoms with Crippen LogP contribution in [0, 0.1) is 5.82 Å². The fraction of sp³-hybridized carbons (Fsp3) is 0.611. The maximum Gasteiger partial charge on any atom is 0.191 e. The Labute approximate surface area is 173 Å². The first-order valence-electron chi connectivity index (χ1n) is 8.64. The Kier molecular flexibility index (Phi) is 9.59. The average molecular weight is 479 g/mol. The van der Waals surface area contributed by atoms with Crippen molar-refractivity contribution in [3.05, 3.63) is 29.6 Å². The standard InChI is InChI=1S/C18H30FN5O.HI/c1-13(14-6-7-17(25-5)16(19)10-14)22-18(20-2)21-11-15-12-23(3)8-9-24(15)4;/h6-7,10,13,15H,8-9,11-12H2,1-5H3,(H2,20,21,22);1H. The lowest BCUT2D eigenvalue weighted by atomic mass is 10.1. The zero-order valence-electron chi connectivity index (χ0n) is 16.3. The molecule has 2 atom stereocenters. The van der Waals surface area contributed by atoms with Crippen LogP contribution in [0.15, 0.2) is 23.2 Å². The summed E-state index contributed by atoms with van der Waals surface area (Å²) in [4.78, 5) is 8.98. The van der Waals surface area contributed by atoms with Gasteiger partial charge in [-0.3, -0.25) is 9.89 Å². The first kappa shape index (κ1) is 22.9. The largest absolute Gasteiger partial charge is 0.494 e. The van der Waals surface area contributed by atoms with Crippen LogP contribution in [-0.2, 0) is 0 Å². The van der Waals surface area contributed by atoms with Gasteiger partial charge in [0.15, 0.2) is 17.5 Å². The van der Waals surface area contributed by atoms with Gasteiger partial charge in [0.1, 0.15) is 0 Å². The normalized spacial score (nSPS) is 20.2. The van der Waals surface area contributed by atoms with Crippen molar-refractivity contribution in [1.82, 2.24) is 20.4 Å². The summed E-state index contributed by atoms with van der Waals surface area (Å²) in [5.41, 5.74) is 0.843. The first-order chi connectivity index (χ1) is 11.9. The second kappa shape index (κ2) is 10.9. The van der Waals surface area contributed by atoms with E-state index >= 15 is 0 Å². The number of likely N-dealkylation sites (N-methyl/N-ethyl adjacent to an activating group) is 2. The molecule has 0 aliphatic carbocycles. The third kappa shape index (κ3) is 6.24. The zero-order valence-corrected chi connectivity index (χ0v) is 18.6. The first-order valence-corrected chi connectivity index (χ1v) is 8.64. The van der Waals surface area contributed by atoms with E-state index in [2.05, 4.69) is 39.5 Å². The summed E-state index contributed by atoms with van der Waals surface area (Å²) in [6, 6.07) is 5.36. The van der Waals surface area contributed by atoms with Crippen molar-refractivity contribution in [2.45, 2.75) is 19.0 Å². The summed E-state index contributed by atoms with van der Waals surface area (Å²) in [5, 5.41) is 6.69. The number of rotatable bonds is 5. The predicted octanol–water partition coefficient (Wildman–Crippen LogP) is 1.92. The minimum atomic E-state index is -0.358. The third-order valence-corrected chi connectivity index (χ3v) is 4.74. The number of hydrogen-bond donors (Lipinski definition) is 2. The predicted molar refractivity (Wildman–Crippen MR) is 115 cm³/mol. The zero-order chi connectivity index (χ0) is 18.4. The van der Waals surface area contributed by atoms with Crippen molar-refractivity contribution in [2.24, 2.45) is 4.99 Å². The summed E-state index contributed by atoms with van der Waals surface area (Å²) in [6.45, 7) is 5.98. The summed E-state index contributed by atoms with van der Waals surface area (Å²) in [7, 11) is 7.50. The van der Waals surface area contributed by atoms with Crippen LogP contribution in [0.1, 0.15) is 18.5 Å². The van der Waals surface area contributed by atoms with E-state index in [9.17, 15) is 4.39 Å². The molecule has 2 unspecified atom stereocenters.